The molecule has 0 aromatic carbocycles. The summed E-state index contributed by atoms with van der Waals surface area (Å²) in [4.78, 5) is 12.4. The van der Waals surface area contributed by atoms with Crippen LogP contribution in [0, 0.1) is 0 Å². The molecule has 0 saturated carbocycles. The summed E-state index contributed by atoms with van der Waals surface area (Å²) in [5.41, 5.74) is 0. The van der Waals surface area contributed by atoms with E-state index in [-0.39, 0.29) is 17.3 Å². The van der Waals surface area contributed by atoms with E-state index in [4.69, 9.17) is 11.6 Å². The average Bonchev–Trinajstić information content (AvgIpc) is 2.69. The molecule has 2 atom stereocenters. The van der Waals surface area contributed by atoms with Gasteiger partial charge in [0.1, 0.15) is 9.84 Å². The first-order valence-corrected chi connectivity index (χ1v) is 9.69. The predicted octanol–water partition coefficient (Wildman–Crippen LogP) is 1.77. The van der Waals surface area contributed by atoms with Crippen LogP contribution in [0.2, 0.25) is 4.34 Å². The van der Waals surface area contributed by atoms with E-state index < -0.39 is 25.9 Å². The Morgan fingerprint density at radius 2 is 2.11 bits per heavy atom. The fourth-order valence-electron chi connectivity index (χ4n) is 1.18. The van der Waals surface area contributed by atoms with Gasteiger partial charge in [-0.1, -0.05) is 11.6 Å². The fourth-order valence-corrected chi connectivity index (χ4v) is 4.91. The van der Waals surface area contributed by atoms with Crippen molar-refractivity contribution in [1.82, 2.24) is 0 Å². The molecular weight excluding hydrogens is 316 g/mol. The van der Waals surface area contributed by atoms with Gasteiger partial charge in [-0.2, -0.15) is 0 Å². The molecule has 0 aliphatic rings. The van der Waals surface area contributed by atoms with E-state index in [0.717, 1.165) is 17.6 Å². The van der Waals surface area contributed by atoms with Gasteiger partial charge in [-0.05, 0) is 19.1 Å². The molecule has 2 unspecified atom stereocenters. The van der Waals surface area contributed by atoms with E-state index in [2.05, 4.69) is 0 Å². The molecule has 0 fully saturated rings. The molecule has 0 N–H and O–H groups in total. The molecule has 4 nitrogen and oxygen atoms in total. The summed E-state index contributed by atoms with van der Waals surface area (Å²) in [6.45, 7) is 1.54. The predicted molar refractivity (Wildman–Crippen MR) is 75.8 cm³/mol. The van der Waals surface area contributed by atoms with E-state index in [0.29, 0.717) is 9.21 Å². The number of thiophene rings is 1. The number of rotatable bonds is 6. The van der Waals surface area contributed by atoms with Gasteiger partial charge in [-0.3, -0.25) is 9.00 Å². The Bertz CT molecular complexity index is 561. The Morgan fingerprint density at radius 1 is 1.50 bits per heavy atom. The van der Waals surface area contributed by atoms with Gasteiger partial charge in [0.2, 0.25) is 0 Å². The molecular formula is C10H13ClO4S3. The first kappa shape index (κ1) is 15.8. The number of ketones is 1. The molecule has 18 heavy (non-hydrogen) atoms. The topological polar surface area (TPSA) is 68.3 Å². The second kappa shape index (κ2) is 6.27. The summed E-state index contributed by atoms with van der Waals surface area (Å²) in [7, 11) is -4.66. The summed E-state index contributed by atoms with van der Waals surface area (Å²) >= 11 is 6.85. The zero-order valence-corrected chi connectivity index (χ0v) is 13.1. The van der Waals surface area contributed by atoms with Crippen LogP contribution in [0.4, 0.5) is 0 Å². The molecule has 0 radical (unpaired) electrons. The van der Waals surface area contributed by atoms with Crippen molar-refractivity contribution in [3.63, 3.8) is 0 Å². The molecule has 0 amide bonds. The van der Waals surface area contributed by atoms with Crippen LogP contribution in [-0.2, 0) is 20.6 Å². The van der Waals surface area contributed by atoms with Gasteiger partial charge in [-0.25, -0.2) is 8.42 Å². The number of sulfone groups is 1. The van der Waals surface area contributed by atoms with Crippen molar-refractivity contribution in [3.8, 4) is 0 Å². The van der Waals surface area contributed by atoms with E-state index >= 15 is 0 Å². The highest BCUT2D eigenvalue weighted by Gasteiger charge is 2.23. The lowest BCUT2D eigenvalue weighted by Gasteiger charge is -2.08. The number of carbonyl (C=O) groups is 1. The Labute approximate surface area is 118 Å². The maximum absolute atomic E-state index is 11.9. The zero-order valence-electron chi connectivity index (χ0n) is 9.88. The Hall–Kier alpha value is -0.240. The molecule has 0 spiro atoms. The third-order valence-corrected chi connectivity index (χ3v) is 6.29. The first-order valence-electron chi connectivity index (χ1n) is 5.05. The van der Waals surface area contributed by atoms with Crippen molar-refractivity contribution in [2.45, 2.75) is 12.2 Å². The summed E-state index contributed by atoms with van der Waals surface area (Å²) in [5, 5.41) is -0.721. The van der Waals surface area contributed by atoms with Crippen LogP contribution in [0.5, 0.6) is 0 Å². The van der Waals surface area contributed by atoms with Crippen molar-refractivity contribution in [1.29, 1.82) is 0 Å². The number of Topliss-reactive ketones (excluding diaryl/α,β-unsaturated/α-hetero) is 1. The molecule has 0 bridgehead atoms. The minimum atomic E-state index is -3.16. The molecule has 8 heteroatoms. The lowest BCUT2D eigenvalue weighted by atomic mass is 10.2. The second-order valence-corrected chi connectivity index (χ2v) is 9.68. The SMILES string of the molecule is CC(C(=O)c1ccc(Cl)s1)S(=O)CCS(C)(=O)=O. The minimum Gasteiger partial charge on any atom is -0.292 e. The van der Waals surface area contributed by atoms with Crippen molar-refractivity contribution in [2.75, 3.05) is 17.8 Å². The molecule has 1 rings (SSSR count). The molecule has 1 aromatic rings. The third-order valence-electron chi connectivity index (χ3n) is 2.23. The van der Waals surface area contributed by atoms with Gasteiger partial charge in [-0.15, -0.1) is 11.3 Å². The lowest BCUT2D eigenvalue weighted by molar-refractivity contribution is 0.0996. The summed E-state index contributed by atoms with van der Waals surface area (Å²) < 4.78 is 34.2. The number of hydrogen-bond acceptors (Lipinski definition) is 5. The highest BCUT2D eigenvalue weighted by molar-refractivity contribution is 7.92. The van der Waals surface area contributed by atoms with Crippen molar-refractivity contribution in [2.24, 2.45) is 0 Å². The highest BCUT2D eigenvalue weighted by Crippen LogP contribution is 2.23. The molecule has 0 saturated heterocycles. The Kier molecular flexibility index (Phi) is 5.51. The van der Waals surface area contributed by atoms with Gasteiger partial charge < -0.3 is 0 Å². The minimum absolute atomic E-state index is 0.0230. The Balaban J connectivity index is 2.67. The zero-order chi connectivity index (χ0) is 13.9. The van der Waals surface area contributed by atoms with Crippen molar-refractivity contribution < 1.29 is 17.4 Å². The van der Waals surface area contributed by atoms with E-state index in [9.17, 15) is 17.4 Å². The maximum Gasteiger partial charge on any atom is 0.188 e. The average molecular weight is 329 g/mol. The van der Waals surface area contributed by atoms with Crippen LogP contribution in [-0.4, -0.2) is 41.4 Å². The Morgan fingerprint density at radius 3 is 2.56 bits per heavy atom. The van der Waals surface area contributed by atoms with Crippen LogP contribution < -0.4 is 0 Å². The van der Waals surface area contributed by atoms with Crippen molar-refractivity contribution in [3.05, 3.63) is 21.3 Å². The quantitative estimate of drug-likeness (QED) is 0.746. The molecule has 1 aromatic heterocycles. The molecule has 0 aliphatic heterocycles. The fraction of sp³-hybridized carbons (Fsp3) is 0.500. The standard InChI is InChI=1S/C10H13ClO4S3/c1-7(17(13)5-6-18(2,14)15)10(12)8-3-4-9(11)16-8/h3-4,7H,5-6H2,1-2H3. The van der Waals surface area contributed by atoms with Gasteiger partial charge >= 0.3 is 0 Å². The summed E-state index contributed by atoms with van der Waals surface area (Å²) in [6.07, 6.45) is 1.08. The summed E-state index contributed by atoms with van der Waals surface area (Å²) in [5.74, 6) is -0.466. The molecule has 0 aliphatic carbocycles. The van der Waals surface area contributed by atoms with Crippen LogP contribution in [0.25, 0.3) is 0 Å². The van der Waals surface area contributed by atoms with E-state index in [1.54, 1.807) is 12.1 Å². The van der Waals surface area contributed by atoms with E-state index in [1.807, 2.05) is 0 Å². The van der Waals surface area contributed by atoms with Crippen LogP contribution >= 0.6 is 22.9 Å². The maximum atomic E-state index is 11.9. The van der Waals surface area contributed by atoms with Gasteiger partial charge in [0.15, 0.2) is 5.78 Å². The van der Waals surface area contributed by atoms with E-state index in [1.165, 1.54) is 6.92 Å². The first-order chi connectivity index (χ1) is 8.20. The van der Waals surface area contributed by atoms with Gasteiger partial charge in [0.05, 0.1) is 20.2 Å². The number of carbonyl (C=O) groups excluding carboxylic acids is 1. The second-order valence-electron chi connectivity index (χ2n) is 3.82. The third kappa shape index (κ3) is 4.79. The van der Waals surface area contributed by atoms with Gasteiger partial charge in [0, 0.05) is 22.8 Å². The van der Waals surface area contributed by atoms with Crippen LogP contribution in [0.15, 0.2) is 12.1 Å². The van der Waals surface area contributed by atoms with Crippen molar-refractivity contribution >= 4 is 49.4 Å². The largest absolute Gasteiger partial charge is 0.292 e. The highest BCUT2D eigenvalue weighted by atomic mass is 35.5. The number of halogens is 1. The smallest absolute Gasteiger partial charge is 0.188 e. The van der Waals surface area contributed by atoms with Crippen LogP contribution in [0.3, 0.4) is 0 Å². The molecule has 102 valence electrons. The number of hydrogen-bond donors (Lipinski definition) is 0. The monoisotopic (exact) mass is 328 g/mol. The normalized spacial score (nSPS) is 15.3. The lowest BCUT2D eigenvalue weighted by Crippen LogP contribution is -2.26. The summed E-state index contributed by atoms with van der Waals surface area (Å²) in [6, 6.07) is 3.19. The van der Waals surface area contributed by atoms with Gasteiger partial charge in [0.25, 0.3) is 0 Å². The molecule has 1 heterocycles. The van der Waals surface area contributed by atoms with Crippen LogP contribution in [0.1, 0.15) is 16.6 Å².